The molecule has 1 aliphatic heterocycles. The monoisotopic (exact) mass is 202 g/mol. The fraction of sp³-hybridized carbons (Fsp3) is 1.00. The smallest absolute Gasteiger partial charge is 0.0621 e. The Morgan fingerprint density at radius 2 is 2.07 bits per heavy atom. The third-order valence-electron chi connectivity index (χ3n) is 2.61. The van der Waals surface area contributed by atoms with Crippen LogP contribution in [0.4, 0.5) is 0 Å². The highest BCUT2D eigenvalue weighted by atomic mass is 16.3. The number of hydrogen-bond donors (Lipinski definition) is 4. The SMILES string of the molecule is CN(CC(C)(N)CO)C1CNCNC1. The number of nitrogens with two attached hydrogens (primary N) is 1. The molecule has 1 unspecified atom stereocenters. The van der Waals surface area contributed by atoms with Gasteiger partial charge >= 0.3 is 0 Å². The predicted octanol–water partition coefficient (Wildman–Crippen LogP) is -1.85. The molecule has 14 heavy (non-hydrogen) atoms. The van der Waals surface area contributed by atoms with Gasteiger partial charge in [0.25, 0.3) is 0 Å². The summed E-state index contributed by atoms with van der Waals surface area (Å²) < 4.78 is 0. The topological polar surface area (TPSA) is 73.5 Å². The number of aliphatic hydroxyl groups is 1. The Kier molecular flexibility index (Phi) is 4.28. The zero-order valence-electron chi connectivity index (χ0n) is 9.08. The molecule has 5 nitrogen and oxygen atoms in total. The van der Waals surface area contributed by atoms with Gasteiger partial charge in [0.05, 0.1) is 6.61 Å². The second-order valence-electron chi connectivity index (χ2n) is 4.47. The lowest BCUT2D eigenvalue weighted by Crippen LogP contribution is -2.58. The molecule has 0 spiro atoms. The van der Waals surface area contributed by atoms with Gasteiger partial charge in [0.1, 0.15) is 0 Å². The molecule has 0 aromatic heterocycles. The molecule has 1 rings (SSSR count). The molecule has 0 radical (unpaired) electrons. The summed E-state index contributed by atoms with van der Waals surface area (Å²) in [4.78, 5) is 2.19. The van der Waals surface area contributed by atoms with E-state index in [9.17, 15) is 0 Å². The van der Waals surface area contributed by atoms with Gasteiger partial charge in [-0.3, -0.25) is 4.90 Å². The van der Waals surface area contributed by atoms with Crippen molar-refractivity contribution in [2.45, 2.75) is 18.5 Å². The summed E-state index contributed by atoms with van der Waals surface area (Å²) in [6, 6.07) is 0.457. The van der Waals surface area contributed by atoms with E-state index >= 15 is 0 Å². The normalized spacial score (nSPS) is 23.8. The Morgan fingerprint density at radius 3 is 2.57 bits per heavy atom. The van der Waals surface area contributed by atoms with Crippen molar-refractivity contribution >= 4 is 0 Å². The van der Waals surface area contributed by atoms with Crippen LogP contribution in [-0.2, 0) is 0 Å². The Hall–Kier alpha value is -0.200. The lowest BCUT2D eigenvalue weighted by Gasteiger charge is -2.36. The summed E-state index contributed by atoms with van der Waals surface area (Å²) in [6.07, 6.45) is 0. The molecule has 0 saturated carbocycles. The highest BCUT2D eigenvalue weighted by Crippen LogP contribution is 2.04. The summed E-state index contributed by atoms with van der Waals surface area (Å²) in [6.45, 7) is 5.43. The van der Waals surface area contributed by atoms with Crippen LogP contribution in [-0.4, -0.2) is 61.5 Å². The maximum Gasteiger partial charge on any atom is 0.0621 e. The molecule has 0 amide bonds. The van der Waals surface area contributed by atoms with Gasteiger partial charge in [-0.25, -0.2) is 0 Å². The third-order valence-corrected chi connectivity index (χ3v) is 2.61. The van der Waals surface area contributed by atoms with Crippen LogP contribution in [0.25, 0.3) is 0 Å². The first-order valence-electron chi connectivity index (χ1n) is 5.06. The predicted molar refractivity (Wildman–Crippen MR) is 57.0 cm³/mol. The van der Waals surface area contributed by atoms with E-state index in [1.807, 2.05) is 14.0 Å². The number of rotatable bonds is 4. The quantitative estimate of drug-likeness (QED) is 0.430. The standard InChI is InChI=1S/C9H22N4O/c1-9(10,6-14)5-13(2)8-3-11-7-12-4-8/h8,11-12,14H,3-7,10H2,1-2H3. The molecule has 0 aromatic carbocycles. The van der Waals surface area contributed by atoms with E-state index in [1.165, 1.54) is 0 Å². The van der Waals surface area contributed by atoms with Crippen molar-refractivity contribution in [1.29, 1.82) is 0 Å². The van der Waals surface area contributed by atoms with Crippen molar-refractivity contribution in [3.05, 3.63) is 0 Å². The molecule has 0 aliphatic carbocycles. The van der Waals surface area contributed by atoms with Gasteiger partial charge in [-0.15, -0.1) is 0 Å². The van der Waals surface area contributed by atoms with Crippen LogP contribution in [0.2, 0.25) is 0 Å². The largest absolute Gasteiger partial charge is 0.394 e. The highest BCUT2D eigenvalue weighted by Gasteiger charge is 2.24. The van der Waals surface area contributed by atoms with Crippen LogP contribution in [0.5, 0.6) is 0 Å². The van der Waals surface area contributed by atoms with Crippen molar-refractivity contribution in [1.82, 2.24) is 15.5 Å². The average Bonchev–Trinajstić information content (AvgIpc) is 2.19. The van der Waals surface area contributed by atoms with Gasteiger partial charge in [-0.1, -0.05) is 0 Å². The fourth-order valence-electron chi connectivity index (χ4n) is 1.70. The van der Waals surface area contributed by atoms with Crippen LogP contribution >= 0.6 is 0 Å². The second-order valence-corrected chi connectivity index (χ2v) is 4.47. The number of aliphatic hydroxyl groups excluding tert-OH is 1. The minimum absolute atomic E-state index is 0.0188. The van der Waals surface area contributed by atoms with Gasteiger partial charge in [-0.05, 0) is 14.0 Å². The lowest BCUT2D eigenvalue weighted by atomic mass is 10.0. The van der Waals surface area contributed by atoms with Crippen molar-refractivity contribution in [2.75, 3.05) is 40.0 Å². The first kappa shape index (κ1) is 11.9. The van der Waals surface area contributed by atoms with Gasteiger partial charge in [0, 0.05) is 37.9 Å². The number of likely N-dealkylation sites (N-methyl/N-ethyl adjacent to an activating group) is 1. The lowest BCUT2D eigenvalue weighted by molar-refractivity contribution is 0.128. The molecule has 0 aromatic rings. The average molecular weight is 202 g/mol. The molecule has 0 bridgehead atoms. The van der Waals surface area contributed by atoms with Crippen LogP contribution in [0.15, 0.2) is 0 Å². The number of hydrogen-bond acceptors (Lipinski definition) is 5. The van der Waals surface area contributed by atoms with Crippen molar-refractivity contribution < 1.29 is 5.11 Å². The van der Waals surface area contributed by atoms with E-state index in [0.29, 0.717) is 12.6 Å². The molecule has 5 N–H and O–H groups in total. The Balaban J connectivity index is 2.36. The summed E-state index contributed by atoms with van der Waals surface area (Å²) in [5.41, 5.74) is 5.38. The zero-order valence-corrected chi connectivity index (χ0v) is 9.08. The first-order chi connectivity index (χ1) is 6.55. The van der Waals surface area contributed by atoms with Gasteiger partial charge in [0.2, 0.25) is 0 Å². The molecule has 1 heterocycles. The van der Waals surface area contributed by atoms with E-state index in [2.05, 4.69) is 15.5 Å². The fourth-order valence-corrected chi connectivity index (χ4v) is 1.70. The highest BCUT2D eigenvalue weighted by molar-refractivity contribution is 4.86. The molecule has 1 fully saturated rings. The maximum absolute atomic E-state index is 9.06. The van der Waals surface area contributed by atoms with Crippen LogP contribution in [0, 0.1) is 0 Å². The van der Waals surface area contributed by atoms with Crippen LogP contribution in [0.1, 0.15) is 6.92 Å². The molecule has 84 valence electrons. The number of nitrogens with one attached hydrogen (secondary N) is 2. The Bertz CT molecular complexity index is 168. The molecular weight excluding hydrogens is 180 g/mol. The minimum atomic E-state index is -0.508. The van der Waals surface area contributed by atoms with Crippen LogP contribution in [0.3, 0.4) is 0 Å². The second kappa shape index (κ2) is 5.04. The van der Waals surface area contributed by atoms with Gasteiger partial charge < -0.3 is 21.5 Å². The van der Waals surface area contributed by atoms with E-state index in [1.54, 1.807) is 0 Å². The minimum Gasteiger partial charge on any atom is -0.394 e. The molecule has 1 saturated heterocycles. The van der Waals surface area contributed by atoms with E-state index in [4.69, 9.17) is 10.8 Å². The van der Waals surface area contributed by atoms with Crippen molar-refractivity contribution in [3.63, 3.8) is 0 Å². The molecule has 5 heteroatoms. The van der Waals surface area contributed by atoms with Crippen molar-refractivity contribution in [3.8, 4) is 0 Å². The van der Waals surface area contributed by atoms with E-state index in [-0.39, 0.29) is 6.61 Å². The summed E-state index contributed by atoms with van der Waals surface area (Å²) in [7, 11) is 2.04. The van der Waals surface area contributed by atoms with Crippen molar-refractivity contribution in [2.24, 2.45) is 5.73 Å². The zero-order chi connectivity index (χ0) is 10.6. The van der Waals surface area contributed by atoms with E-state index < -0.39 is 5.54 Å². The Morgan fingerprint density at radius 1 is 1.50 bits per heavy atom. The number of nitrogens with zero attached hydrogens (tertiary/aromatic N) is 1. The third kappa shape index (κ3) is 3.51. The Labute approximate surface area is 85.6 Å². The first-order valence-corrected chi connectivity index (χ1v) is 5.06. The van der Waals surface area contributed by atoms with Gasteiger partial charge in [0.15, 0.2) is 0 Å². The van der Waals surface area contributed by atoms with E-state index in [0.717, 1.165) is 19.8 Å². The molecule has 1 atom stereocenters. The van der Waals surface area contributed by atoms with Gasteiger partial charge in [-0.2, -0.15) is 0 Å². The summed E-state index contributed by atoms with van der Waals surface area (Å²) in [5.74, 6) is 0. The van der Waals surface area contributed by atoms with Crippen LogP contribution < -0.4 is 16.4 Å². The summed E-state index contributed by atoms with van der Waals surface area (Å²) >= 11 is 0. The summed E-state index contributed by atoms with van der Waals surface area (Å²) in [5, 5.41) is 15.6. The maximum atomic E-state index is 9.06. The molecule has 1 aliphatic rings. The molecular formula is C9H22N4O.